The Morgan fingerprint density at radius 1 is 0.963 bits per heavy atom. The molecule has 0 atom stereocenters. The molecule has 4 aromatic rings. The molecule has 0 N–H and O–H groups in total. The number of furan rings is 1. The van der Waals surface area contributed by atoms with Gasteiger partial charge in [0.05, 0.1) is 11.6 Å². The lowest BCUT2D eigenvalue weighted by atomic mass is 10.2. The number of hydrogen-bond acceptors (Lipinski definition) is 4. The van der Waals surface area contributed by atoms with E-state index in [1.807, 2.05) is 0 Å². The maximum atomic E-state index is 13.0. The normalized spacial score (nSPS) is 11.1. The molecule has 4 nitrogen and oxygen atoms in total. The van der Waals surface area contributed by atoms with Gasteiger partial charge in [-0.3, -0.25) is 4.79 Å². The Labute approximate surface area is 168 Å². The standard InChI is InChI=1S/C20H11Cl3O4/c21-11-6-7-16-12(9-11)18(24)20(19(27-16)17-5-2-8-25-17)26-10-13-14(22)3-1-4-15(13)23/h1-9H,10H2. The Hall–Kier alpha value is -2.40. The van der Waals surface area contributed by atoms with Crippen molar-refractivity contribution in [1.29, 1.82) is 0 Å². The number of hydrogen-bond donors (Lipinski definition) is 0. The van der Waals surface area contributed by atoms with E-state index in [-0.39, 0.29) is 23.5 Å². The maximum absolute atomic E-state index is 13.0. The van der Waals surface area contributed by atoms with Crippen LogP contribution in [0.25, 0.3) is 22.5 Å². The van der Waals surface area contributed by atoms with Gasteiger partial charge in [0.2, 0.25) is 16.9 Å². The highest BCUT2D eigenvalue weighted by atomic mass is 35.5. The smallest absolute Gasteiger partial charge is 0.235 e. The first-order valence-electron chi connectivity index (χ1n) is 7.90. The van der Waals surface area contributed by atoms with Crippen LogP contribution in [0, 0.1) is 0 Å². The molecule has 2 heterocycles. The van der Waals surface area contributed by atoms with Gasteiger partial charge in [0.15, 0.2) is 5.76 Å². The zero-order valence-electron chi connectivity index (χ0n) is 13.7. The van der Waals surface area contributed by atoms with Gasteiger partial charge in [0, 0.05) is 20.6 Å². The topological polar surface area (TPSA) is 52.6 Å². The van der Waals surface area contributed by atoms with Gasteiger partial charge in [0.1, 0.15) is 12.2 Å². The predicted molar refractivity (Wildman–Crippen MR) is 106 cm³/mol. The second kappa shape index (κ2) is 7.31. The lowest BCUT2D eigenvalue weighted by molar-refractivity contribution is 0.296. The van der Waals surface area contributed by atoms with E-state index < -0.39 is 0 Å². The molecule has 0 aliphatic carbocycles. The fraction of sp³-hybridized carbons (Fsp3) is 0.0500. The van der Waals surface area contributed by atoms with Crippen LogP contribution in [-0.2, 0) is 6.61 Å². The molecule has 2 aromatic heterocycles. The summed E-state index contributed by atoms with van der Waals surface area (Å²) in [5, 5.41) is 1.60. The van der Waals surface area contributed by atoms with Crippen molar-refractivity contribution in [2.75, 3.05) is 0 Å². The quantitative estimate of drug-likeness (QED) is 0.373. The van der Waals surface area contributed by atoms with E-state index >= 15 is 0 Å². The molecule has 2 aromatic carbocycles. The second-order valence-corrected chi connectivity index (χ2v) is 6.95. The third-order valence-electron chi connectivity index (χ3n) is 3.98. The Morgan fingerprint density at radius 2 is 1.74 bits per heavy atom. The number of benzene rings is 2. The highest BCUT2D eigenvalue weighted by Gasteiger charge is 2.20. The molecular weight excluding hydrogens is 411 g/mol. The largest absolute Gasteiger partial charge is 0.481 e. The van der Waals surface area contributed by atoms with Crippen LogP contribution in [0.4, 0.5) is 0 Å². The highest BCUT2D eigenvalue weighted by molar-refractivity contribution is 6.36. The van der Waals surface area contributed by atoms with Crippen molar-refractivity contribution in [1.82, 2.24) is 0 Å². The zero-order valence-corrected chi connectivity index (χ0v) is 15.9. The van der Waals surface area contributed by atoms with Gasteiger partial charge in [-0.15, -0.1) is 0 Å². The van der Waals surface area contributed by atoms with E-state index in [9.17, 15) is 4.79 Å². The van der Waals surface area contributed by atoms with Crippen molar-refractivity contribution in [3.05, 3.63) is 85.6 Å². The van der Waals surface area contributed by atoms with Gasteiger partial charge in [-0.05, 0) is 42.5 Å². The van der Waals surface area contributed by atoms with Crippen molar-refractivity contribution in [2.45, 2.75) is 6.61 Å². The molecule has 4 rings (SSSR count). The van der Waals surface area contributed by atoms with Crippen LogP contribution in [-0.4, -0.2) is 0 Å². The van der Waals surface area contributed by atoms with Gasteiger partial charge < -0.3 is 13.6 Å². The molecule has 0 unspecified atom stereocenters. The summed E-state index contributed by atoms with van der Waals surface area (Å²) in [5.74, 6) is 0.544. The molecule has 7 heteroatoms. The number of rotatable bonds is 4. The first-order chi connectivity index (χ1) is 13.0. The molecule has 0 saturated carbocycles. The Morgan fingerprint density at radius 3 is 2.44 bits per heavy atom. The van der Waals surface area contributed by atoms with Crippen LogP contribution in [0.1, 0.15) is 5.56 Å². The average molecular weight is 422 g/mol. The summed E-state index contributed by atoms with van der Waals surface area (Å²) < 4.78 is 17.1. The number of halogens is 3. The average Bonchev–Trinajstić information content (AvgIpc) is 3.17. The summed E-state index contributed by atoms with van der Waals surface area (Å²) in [7, 11) is 0. The minimum atomic E-state index is -0.367. The van der Waals surface area contributed by atoms with Crippen LogP contribution in [0.5, 0.6) is 5.75 Å². The van der Waals surface area contributed by atoms with E-state index in [1.165, 1.54) is 12.3 Å². The number of ether oxygens (including phenoxy) is 1. The lowest BCUT2D eigenvalue weighted by Gasteiger charge is -2.12. The molecule has 0 fully saturated rings. The molecular formula is C20H11Cl3O4. The summed E-state index contributed by atoms with van der Waals surface area (Å²) in [5.41, 5.74) is 0.573. The van der Waals surface area contributed by atoms with Crippen molar-refractivity contribution in [2.24, 2.45) is 0 Å². The third-order valence-corrected chi connectivity index (χ3v) is 4.92. The van der Waals surface area contributed by atoms with E-state index in [2.05, 4.69) is 0 Å². The van der Waals surface area contributed by atoms with Crippen molar-refractivity contribution < 1.29 is 13.6 Å². The van der Waals surface area contributed by atoms with Gasteiger partial charge >= 0.3 is 0 Å². The Balaban J connectivity index is 1.86. The molecule has 27 heavy (non-hydrogen) atoms. The molecule has 136 valence electrons. The second-order valence-electron chi connectivity index (χ2n) is 5.70. The summed E-state index contributed by atoms with van der Waals surface area (Å²) in [6.07, 6.45) is 1.48. The Kier molecular flexibility index (Phi) is 4.87. The Bertz CT molecular complexity index is 1160. The number of fused-ring (bicyclic) bond motifs is 1. The van der Waals surface area contributed by atoms with Gasteiger partial charge in [-0.2, -0.15) is 0 Å². The summed E-state index contributed by atoms with van der Waals surface area (Å²) in [4.78, 5) is 13.0. The van der Waals surface area contributed by atoms with Crippen LogP contribution in [0.2, 0.25) is 15.1 Å². The summed E-state index contributed by atoms with van der Waals surface area (Å²) >= 11 is 18.4. The molecule has 0 aliphatic heterocycles. The SMILES string of the molecule is O=c1c(OCc2c(Cl)cccc2Cl)c(-c2ccco2)oc2ccc(Cl)cc12. The maximum Gasteiger partial charge on any atom is 0.235 e. The van der Waals surface area contributed by atoms with E-state index in [4.69, 9.17) is 48.4 Å². The van der Waals surface area contributed by atoms with Gasteiger partial charge in [0.25, 0.3) is 0 Å². The zero-order chi connectivity index (χ0) is 19.0. The lowest BCUT2D eigenvalue weighted by Crippen LogP contribution is -2.10. The first kappa shape index (κ1) is 18.0. The molecule has 0 amide bonds. The van der Waals surface area contributed by atoms with Crippen molar-refractivity contribution in [3.63, 3.8) is 0 Å². The minimum Gasteiger partial charge on any atom is -0.481 e. The molecule has 0 bridgehead atoms. The third kappa shape index (κ3) is 3.44. The van der Waals surface area contributed by atoms with Crippen LogP contribution in [0.3, 0.4) is 0 Å². The van der Waals surface area contributed by atoms with E-state index in [1.54, 1.807) is 42.5 Å². The van der Waals surface area contributed by atoms with Gasteiger partial charge in [-0.1, -0.05) is 40.9 Å². The van der Waals surface area contributed by atoms with Crippen LogP contribution >= 0.6 is 34.8 Å². The summed E-state index contributed by atoms with van der Waals surface area (Å²) in [6.45, 7) is -0.0109. The van der Waals surface area contributed by atoms with E-state index in [0.717, 1.165) is 0 Å². The van der Waals surface area contributed by atoms with E-state index in [0.29, 0.717) is 37.4 Å². The van der Waals surface area contributed by atoms with Crippen molar-refractivity contribution in [3.8, 4) is 17.3 Å². The van der Waals surface area contributed by atoms with Crippen LogP contribution < -0.4 is 10.2 Å². The monoisotopic (exact) mass is 420 g/mol. The molecule has 0 aliphatic rings. The molecule has 0 spiro atoms. The highest BCUT2D eigenvalue weighted by Crippen LogP contribution is 2.33. The first-order valence-corrected chi connectivity index (χ1v) is 9.04. The van der Waals surface area contributed by atoms with Gasteiger partial charge in [-0.25, -0.2) is 0 Å². The summed E-state index contributed by atoms with van der Waals surface area (Å²) in [6, 6.07) is 13.3. The predicted octanol–water partition coefficient (Wildman–Crippen LogP) is 6.59. The fourth-order valence-corrected chi connectivity index (χ4v) is 3.34. The van der Waals surface area contributed by atoms with Crippen LogP contribution in [0.15, 0.2) is 68.4 Å². The molecule has 0 saturated heterocycles. The minimum absolute atomic E-state index is 0.00398. The van der Waals surface area contributed by atoms with Crippen molar-refractivity contribution >= 4 is 45.8 Å². The molecule has 0 radical (unpaired) electrons. The fourth-order valence-electron chi connectivity index (χ4n) is 2.67.